The van der Waals surface area contributed by atoms with E-state index in [9.17, 15) is 0 Å². The molecule has 0 radical (unpaired) electrons. The number of aromatic nitrogens is 3. The number of nitrogens with one attached hydrogen (secondary N) is 1. The Morgan fingerprint density at radius 2 is 1.81 bits per heavy atom. The first kappa shape index (κ1) is 22.3. The Bertz CT molecular complexity index is 1480. The lowest BCUT2D eigenvalue weighted by Gasteiger charge is -2.29. The summed E-state index contributed by atoms with van der Waals surface area (Å²) in [5.74, 6) is 2.28. The lowest BCUT2D eigenvalue weighted by molar-refractivity contribution is 0.283. The minimum atomic E-state index is 0.111. The van der Waals surface area contributed by atoms with Gasteiger partial charge in [-0.05, 0) is 52.4 Å². The van der Waals surface area contributed by atoms with Gasteiger partial charge in [0.15, 0.2) is 11.5 Å². The number of imidazole rings is 1. The average molecular weight is 477 g/mol. The zero-order valence-electron chi connectivity index (χ0n) is 20.2. The lowest BCUT2D eigenvalue weighted by atomic mass is 9.89. The monoisotopic (exact) mass is 476 g/mol. The molecule has 180 valence electrons. The Morgan fingerprint density at radius 3 is 2.64 bits per heavy atom. The highest BCUT2D eigenvalue weighted by molar-refractivity contribution is 5.52. The summed E-state index contributed by atoms with van der Waals surface area (Å²) >= 11 is 0. The number of rotatable bonds is 7. The fraction of sp³-hybridized carbons (Fsp3) is 0.200. The number of ether oxygens (including phenoxy) is 2. The van der Waals surface area contributed by atoms with Gasteiger partial charge in [-0.15, -0.1) is 0 Å². The molecule has 1 N–H and O–H groups in total. The van der Waals surface area contributed by atoms with Crippen molar-refractivity contribution in [2.24, 2.45) is 0 Å². The van der Waals surface area contributed by atoms with Crippen molar-refractivity contribution in [2.45, 2.75) is 25.5 Å². The third-order valence-electron chi connectivity index (χ3n) is 6.78. The van der Waals surface area contributed by atoms with Gasteiger partial charge < -0.3 is 14.8 Å². The van der Waals surface area contributed by atoms with Gasteiger partial charge in [0.1, 0.15) is 6.61 Å². The molecule has 3 heterocycles. The second-order valence-electron chi connectivity index (χ2n) is 9.07. The molecule has 0 saturated heterocycles. The first-order chi connectivity index (χ1) is 17.8. The molecule has 6 heteroatoms. The highest BCUT2D eigenvalue weighted by Gasteiger charge is 2.24. The molecule has 36 heavy (non-hydrogen) atoms. The van der Waals surface area contributed by atoms with E-state index in [0.717, 1.165) is 47.9 Å². The third kappa shape index (κ3) is 4.43. The number of hydrogen-bond donors (Lipinski definition) is 1. The van der Waals surface area contributed by atoms with Crippen molar-refractivity contribution in [3.63, 3.8) is 0 Å². The maximum atomic E-state index is 6.16. The van der Waals surface area contributed by atoms with Crippen LogP contribution in [0.25, 0.3) is 5.78 Å². The molecule has 5 aromatic rings. The van der Waals surface area contributed by atoms with Gasteiger partial charge >= 0.3 is 0 Å². The normalized spacial score (nSPS) is 15.0. The first-order valence-electron chi connectivity index (χ1n) is 12.3. The summed E-state index contributed by atoms with van der Waals surface area (Å²) in [6, 6.07) is 25.4. The first-order valence-corrected chi connectivity index (χ1v) is 12.3. The zero-order valence-corrected chi connectivity index (χ0v) is 20.2. The van der Waals surface area contributed by atoms with Crippen molar-refractivity contribution in [2.75, 3.05) is 13.7 Å². The summed E-state index contributed by atoms with van der Waals surface area (Å²) in [6.07, 6.45) is 7.44. The molecule has 0 fully saturated rings. The molecule has 0 amide bonds. The summed E-state index contributed by atoms with van der Waals surface area (Å²) in [5, 5.41) is 3.69. The predicted octanol–water partition coefficient (Wildman–Crippen LogP) is 5.14. The maximum absolute atomic E-state index is 6.16. The Hall–Kier alpha value is -4.16. The Balaban J connectivity index is 1.23. The summed E-state index contributed by atoms with van der Waals surface area (Å²) in [7, 11) is 1.70. The molecule has 3 aromatic carbocycles. The molecule has 6 nitrogen and oxygen atoms in total. The van der Waals surface area contributed by atoms with Crippen molar-refractivity contribution in [1.82, 2.24) is 19.7 Å². The van der Waals surface area contributed by atoms with Gasteiger partial charge in [0.25, 0.3) is 0 Å². The topological polar surface area (TPSA) is 60.7 Å². The largest absolute Gasteiger partial charge is 0.493 e. The van der Waals surface area contributed by atoms with Crippen LogP contribution in [0.15, 0.2) is 91.4 Å². The van der Waals surface area contributed by atoms with E-state index in [0.29, 0.717) is 6.61 Å². The van der Waals surface area contributed by atoms with Crippen molar-refractivity contribution >= 4 is 5.78 Å². The summed E-state index contributed by atoms with van der Waals surface area (Å²) < 4.78 is 13.9. The van der Waals surface area contributed by atoms with Gasteiger partial charge in [-0.25, -0.2) is 9.97 Å². The fourth-order valence-electron chi connectivity index (χ4n) is 4.91. The molecule has 0 spiro atoms. The lowest BCUT2D eigenvalue weighted by Crippen LogP contribution is -2.30. The Morgan fingerprint density at radius 1 is 0.944 bits per heavy atom. The van der Waals surface area contributed by atoms with Crippen LogP contribution >= 0.6 is 0 Å². The van der Waals surface area contributed by atoms with Crippen LogP contribution in [0.4, 0.5) is 0 Å². The van der Waals surface area contributed by atoms with E-state index in [1.54, 1.807) is 13.3 Å². The van der Waals surface area contributed by atoms with Gasteiger partial charge in [-0.2, -0.15) is 0 Å². The van der Waals surface area contributed by atoms with Gasteiger partial charge in [0, 0.05) is 31.1 Å². The second kappa shape index (κ2) is 9.84. The summed E-state index contributed by atoms with van der Waals surface area (Å²) in [5.41, 5.74) is 7.27. The van der Waals surface area contributed by atoms with Crippen LogP contribution in [0.2, 0.25) is 0 Å². The Labute approximate surface area is 210 Å². The molecular formula is C30H28N4O2. The fourth-order valence-corrected chi connectivity index (χ4v) is 4.91. The maximum Gasteiger partial charge on any atom is 0.233 e. The molecule has 2 aromatic heterocycles. The molecule has 1 unspecified atom stereocenters. The summed E-state index contributed by atoms with van der Waals surface area (Å²) in [6.45, 7) is 1.43. The van der Waals surface area contributed by atoms with Crippen molar-refractivity contribution in [1.29, 1.82) is 0 Å². The molecule has 1 atom stereocenters. The van der Waals surface area contributed by atoms with Crippen LogP contribution in [-0.4, -0.2) is 28.0 Å². The van der Waals surface area contributed by atoms with Crippen LogP contribution in [0.1, 0.15) is 39.6 Å². The van der Waals surface area contributed by atoms with Crippen molar-refractivity contribution in [3.05, 3.63) is 125 Å². The van der Waals surface area contributed by atoms with E-state index in [-0.39, 0.29) is 6.04 Å². The van der Waals surface area contributed by atoms with E-state index >= 15 is 0 Å². The van der Waals surface area contributed by atoms with Gasteiger partial charge in [0.05, 0.1) is 19.3 Å². The van der Waals surface area contributed by atoms with Gasteiger partial charge in [0.2, 0.25) is 5.78 Å². The molecule has 0 bridgehead atoms. The van der Waals surface area contributed by atoms with Gasteiger partial charge in [-0.1, -0.05) is 54.6 Å². The number of fused-ring (bicyclic) bond motifs is 2. The van der Waals surface area contributed by atoms with Crippen LogP contribution in [-0.2, 0) is 19.4 Å². The van der Waals surface area contributed by atoms with E-state index in [4.69, 9.17) is 9.47 Å². The van der Waals surface area contributed by atoms with Crippen LogP contribution in [0.5, 0.6) is 11.5 Å². The average Bonchev–Trinajstić information content (AvgIpc) is 3.34. The molecule has 6 rings (SSSR count). The van der Waals surface area contributed by atoms with Crippen LogP contribution in [0, 0.1) is 0 Å². The van der Waals surface area contributed by atoms with Gasteiger partial charge in [-0.3, -0.25) is 4.40 Å². The Kier molecular flexibility index (Phi) is 6.10. The summed E-state index contributed by atoms with van der Waals surface area (Å²) in [4.78, 5) is 8.72. The molecule has 1 aliphatic rings. The van der Waals surface area contributed by atoms with E-state index in [2.05, 4.69) is 63.8 Å². The quantitative estimate of drug-likeness (QED) is 0.352. The number of methoxy groups -OCH3 is 1. The van der Waals surface area contributed by atoms with Crippen molar-refractivity contribution in [3.8, 4) is 11.5 Å². The van der Waals surface area contributed by atoms with E-state index < -0.39 is 0 Å². The smallest absolute Gasteiger partial charge is 0.233 e. The van der Waals surface area contributed by atoms with Crippen LogP contribution in [0.3, 0.4) is 0 Å². The highest BCUT2D eigenvalue weighted by atomic mass is 16.5. The minimum Gasteiger partial charge on any atom is -0.493 e. The SMILES string of the molecule is COc1cc2c(cc1OCc1ccccc1)CCNC2c1ccc(Cc2cnc3ncccn23)cc1. The number of nitrogens with zero attached hydrogens (tertiary/aromatic N) is 3. The molecular weight excluding hydrogens is 448 g/mol. The standard InChI is InChI=1S/C30H28N4O2/c1-35-27-18-26-24(17-28(27)36-20-22-6-3-2-4-7-22)12-14-31-29(26)23-10-8-21(9-11-23)16-25-19-33-30-32-13-5-15-34(25)30/h2-11,13,15,17-19,29,31H,12,14,16,20H2,1H3. The number of hydrogen-bond acceptors (Lipinski definition) is 5. The highest BCUT2D eigenvalue weighted by Crippen LogP contribution is 2.38. The minimum absolute atomic E-state index is 0.111. The zero-order chi connectivity index (χ0) is 24.3. The van der Waals surface area contributed by atoms with E-state index in [1.807, 2.05) is 41.1 Å². The van der Waals surface area contributed by atoms with Crippen LogP contribution < -0.4 is 14.8 Å². The molecule has 0 aliphatic carbocycles. The second-order valence-corrected chi connectivity index (χ2v) is 9.07. The molecule has 1 aliphatic heterocycles. The third-order valence-corrected chi connectivity index (χ3v) is 6.78. The molecule has 0 saturated carbocycles. The number of benzene rings is 3. The van der Waals surface area contributed by atoms with Crippen molar-refractivity contribution < 1.29 is 9.47 Å². The predicted molar refractivity (Wildman–Crippen MR) is 140 cm³/mol. The van der Waals surface area contributed by atoms with E-state index in [1.165, 1.54) is 22.3 Å².